The number of hydrogen-bond donors (Lipinski definition) is 2. The molecule has 3 saturated heterocycles. The molecule has 9 heteroatoms. The Bertz CT molecular complexity index is 1410. The van der Waals surface area contributed by atoms with Gasteiger partial charge in [-0.3, -0.25) is 4.90 Å². The van der Waals surface area contributed by atoms with E-state index in [1.807, 2.05) is 48.5 Å². The summed E-state index contributed by atoms with van der Waals surface area (Å²) in [4.78, 5) is 5.49. The normalized spacial score (nSPS) is 25.3. The van der Waals surface area contributed by atoms with Crippen LogP contribution in [-0.2, 0) is 32.6 Å². The second-order valence-corrected chi connectivity index (χ2v) is 13.8. The van der Waals surface area contributed by atoms with Crippen LogP contribution >= 0.6 is 0 Å². The van der Waals surface area contributed by atoms with Crippen LogP contribution < -0.4 is 4.72 Å². The van der Waals surface area contributed by atoms with Gasteiger partial charge < -0.3 is 19.5 Å². The summed E-state index contributed by atoms with van der Waals surface area (Å²) in [5.41, 5.74) is 3.72. The molecule has 3 aliphatic heterocycles. The molecule has 230 valence electrons. The number of benzene rings is 3. The molecule has 43 heavy (non-hydrogen) atoms. The van der Waals surface area contributed by atoms with Crippen LogP contribution in [0.25, 0.3) is 0 Å². The zero-order valence-corrected chi connectivity index (χ0v) is 25.5. The Kier molecular flexibility index (Phi) is 9.89. The number of nitrogens with one attached hydrogen (secondary N) is 1. The van der Waals surface area contributed by atoms with Gasteiger partial charge in [-0.05, 0) is 74.1 Å². The second kappa shape index (κ2) is 14.0. The summed E-state index contributed by atoms with van der Waals surface area (Å²) in [7, 11) is -3.59. The van der Waals surface area contributed by atoms with Gasteiger partial charge in [0.05, 0.1) is 23.7 Å². The van der Waals surface area contributed by atoms with E-state index in [9.17, 15) is 13.5 Å². The summed E-state index contributed by atoms with van der Waals surface area (Å²) in [6.07, 6.45) is 5.21. The number of nitrogens with zero attached hydrogens (tertiary/aromatic N) is 2. The molecule has 0 radical (unpaired) electrons. The SMILES string of the molecule is O=S(=O)(NCc1ccc([C@H]2O[C@@H](CN3CCC[C@H]3CN3CCCC3)C[C@@H](c3ccc(CO)cc3)O2)cc1)c1ccccc1. The van der Waals surface area contributed by atoms with Gasteiger partial charge >= 0.3 is 0 Å². The van der Waals surface area contributed by atoms with Gasteiger partial charge in [-0.1, -0.05) is 66.7 Å². The first-order chi connectivity index (χ1) is 21.0. The Morgan fingerprint density at radius 3 is 2.21 bits per heavy atom. The van der Waals surface area contributed by atoms with Crippen LogP contribution in [0.1, 0.15) is 66.8 Å². The van der Waals surface area contributed by atoms with E-state index in [0.717, 1.165) is 48.3 Å². The molecule has 3 heterocycles. The molecule has 0 saturated carbocycles. The van der Waals surface area contributed by atoms with Crippen LogP contribution in [0.15, 0.2) is 83.8 Å². The zero-order chi connectivity index (χ0) is 29.6. The van der Waals surface area contributed by atoms with E-state index < -0.39 is 16.3 Å². The summed E-state index contributed by atoms with van der Waals surface area (Å²) in [5, 5.41) is 9.52. The molecule has 3 aromatic rings. The number of likely N-dealkylation sites (tertiary alicyclic amines) is 2. The number of hydrogen-bond acceptors (Lipinski definition) is 7. The highest BCUT2D eigenvalue weighted by molar-refractivity contribution is 7.89. The highest BCUT2D eigenvalue weighted by atomic mass is 32.2. The number of aliphatic hydroxyl groups excluding tert-OH is 1. The monoisotopic (exact) mass is 605 g/mol. The minimum absolute atomic E-state index is 0.0119. The summed E-state index contributed by atoms with van der Waals surface area (Å²) in [5.74, 6) is 0. The van der Waals surface area contributed by atoms with Gasteiger partial charge in [0.25, 0.3) is 0 Å². The zero-order valence-electron chi connectivity index (χ0n) is 24.7. The van der Waals surface area contributed by atoms with Crippen molar-refractivity contribution in [3.05, 3.63) is 101 Å². The molecule has 0 unspecified atom stereocenters. The maximum Gasteiger partial charge on any atom is 0.240 e. The van der Waals surface area contributed by atoms with E-state index in [1.54, 1.807) is 30.3 Å². The first-order valence-electron chi connectivity index (χ1n) is 15.6. The topological polar surface area (TPSA) is 91.3 Å². The molecule has 0 spiro atoms. The van der Waals surface area contributed by atoms with Crippen molar-refractivity contribution in [3.63, 3.8) is 0 Å². The van der Waals surface area contributed by atoms with Crippen LogP contribution in [0, 0.1) is 0 Å². The van der Waals surface area contributed by atoms with Crippen LogP contribution in [0.4, 0.5) is 0 Å². The fourth-order valence-corrected chi connectivity index (χ4v) is 7.59. The molecule has 3 aliphatic rings. The fourth-order valence-electron chi connectivity index (χ4n) is 6.55. The van der Waals surface area contributed by atoms with Crippen LogP contribution in [0.2, 0.25) is 0 Å². The molecule has 3 fully saturated rings. The average molecular weight is 606 g/mol. The van der Waals surface area contributed by atoms with E-state index >= 15 is 0 Å². The predicted molar refractivity (Wildman–Crippen MR) is 166 cm³/mol. The first kappa shape index (κ1) is 30.4. The third-order valence-corrected chi connectivity index (χ3v) is 10.4. The Morgan fingerprint density at radius 2 is 1.49 bits per heavy atom. The number of aliphatic hydroxyl groups is 1. The summed E-state index contributed by atoms with van der Waals surface area (Å²) >= 11 is 0. The van der Waals surface area contributed by atoms with Crippen molar-refractivity contribution in [3.8, 4) is 0 Å². The number of sulfonamides is 1. The molecular weight excluding hydrogens is 562 g/mol. The quantitative estimate of drug-likeness (QED) is 0.326. The van der Waals surface area contributed by atoms with Gasteiger partial charge in [-0.2, -0.15) is 0 Å². The van der Waals surface area contributed by atoms with Crippen molar-refractivity contribution in [2.45, 2.75) is 74.7 Å². The molecule has 3 aromatic carbocycles. The minimum Gasteiger partial charge on any atom is -0.392 e. The molecule has 0 bridgehead atoms. The number of ether oxygens (including phenoxy) is 2. The van der Waals surface area contributed by atoms with Crippen LogP contribution in [-0.4, -0.2) is 68.2 Å². The van der Waals surface area contributed by atoms with E-state index in [2.05, 4.69) is 14.5 Å². The van der Waals surface area contributed by atoms with Crippen molar-refractivity contribution < 1.29 is 23.0 Å². The molecule has 4 atom stereocenters. The summed E-state index contributed by atoms with van der Waals surface area (Å²) in [6.45, 7) is 5.77. The minimum atomic E-state index is -3.59. The highest BCUT2D eigenvalue weighted by Gasteiger charge is 2.36. The standard InChI is InChI=1S/C34H43N3O5S/c38-25-27-12-14-28(15-13-27)33-21-31(24-37-20-6-7-30(37)23-36-18-4-5-19-36)41-34(42-33)29-16-10-26(11-17-29)22-35-43(39,40)32-8-2-1-3-9-32/h1-3,8-17,30-31,33-35,38H,4-7,18-25H2/t30-,31+,33-,34-/m0/s1. The van der Waals surface area contributed by atoms with E-state index in [-0.39, 0.29) is 30.3 Å². The lowest BCUT2D eigenvalue weighted by atomic mass is 9.99. The number of rotatable bonds is 11. The van der Waals surface area contributed by atoms with Crippen molar-refractivity contribution in [1.29, 1.82) is 0 Å². The van der Waals surface area contributed by atoms with Gasteiger partial charge in [0.2, 0.25) is 10.0 Å². The van der Waals surface area contributed by atoms with Gasteiger partial charge in [-0.25, -0.2) is 13.1 Å². The Hall–Kier alpha value is -2.63. The molecular formula is C34H43N3O5S. The third kappa shape index (κ3) is 7.72. The summed E-state index contributed by atoms with van der Waals surface area (Å²) < 4.78 is 41.2. The smallest absolute Gasteiger partial charge is 0.240 e. The van der Waals surface area contributed by atoms with Crippen molar-refractivity contribution in [2.24, 2.45) is 0 Å². The lowest BCUT2D eigenvalue weighted by Crippen LogP contribution is -2.45. The van der Waals surface area contributed by atoms with Gasteiger partial charge in [-0.15, -0.1) is 0 Å². The Balaban J connectivity index is 1.15. The molecule has 0 aliphatic carbocycles. The molecule has 8 nitrogen and oxygen atoms in total. The average Bonchev–Trinajstić information content (AvgIpc) is 3.73. The molecule has 0 amide bonds. The largest absolute Gasteiger partial charge is 0.392 e. The van der Waals surface area contributed by atoms with Crippen molar-refractivity contribution in [2.75, 3.05) is 32.7 Å². The Morgan fingerprint density at radius 1 is 0.791 bits per heavy atom. The van der Waals surface area contributed by atoms with Crippen molar-refractivity contribution in [1.82, 2.24) is 14.5 Å². The second-order valence-electron chi connectivity index (χ2n) is 12.0. The third-order valence-electron chi connectivity index (χ3n) is 8.99. The Labute approximate surface area is 255 Å². The first-order valence-corrected chi connectivity index (χ1v) is 17.1. The summed E-state index contributed by atoms with van der Waals surface area (Å²) in [6, 6.07) is 24.8. The van der Waals surface area contributed by atoms with Crippen LogP contribution in [0.3, 0.4) is 0 Å². The maximum atomic E-state index is 12.7. The molecule has 6 rings (SSSR count). The van der Waals surface area contributed by atoms with E-state index in [4.69, 9.17) is 9.47 Å². The van der Waals surface area contributed by atoms with Crippen LogP contribution in [0.5, 0.6) is 0 Å². The van der Waals surface area contributed by atoms with E-state index in [1.165, 1.54) is 38.8 Å². The van der Waals surface area contributed by atoms with E-state index in [0.29, 0.717) is 6.04 Å². The van der Waals surface area contributed by atoms with Gasteiger partial charge in [0.15, 0.2) is 6.29 Å². The lowest BCUT2D eigenvalue weighted by Gasteiger charge is -2.39. The predicted octanol–water partition coefficient (Wildman–Crippen LogP) is 4.76. The molecule has 2 N–H and O–H groups in total. The maximum absolute atomic E-state index is 12.7. The highest BCUT2D eigenvalue weighted by Crippen LogP contribution is 2.39. The lowest BCUT2D eigenvalue weighted by molar-refractivity contribution is -0.253. The van der Waals surface area contributed by atoms with Gasteiger partial charge in [0.1, 0.15) is 0 Å². The molecule has 0 aromatic heterocycles. The van der Waals surface area contributed by atoms with Crippen molar-refractivity contribution >= 4 is 10.0 Å². The van der Waals surface area contributed by atoms with Gasteiger partial charge in [0, 0.05) is 37.7 Å². The fraction of sp³-hybridized carbons (Fsp3) is 0.471.